The van der Waals surface area contributed by atoms with Gasteiger partial charge in [0.25, 0.3) is 5.91 Å². The number of piperidine rings is 1. The van der Waals surface area contributed by atoms with Crippen LogP contribution < -0.4 is 10.6 Å². The molecule has 1 fully saturated rings. The Balaban J connectivity index is 1.53. The first-order valence-corrected chi connectivity index (χ1v) is 11.1. The molecule has 8 nitrogen and oxygen atoms in total. The summed E-state index contributed by atoms with van der Waals surface area (Å²) in [6.07, 6.45) is 1.37. The van der Waals surface area contributed by atoms with Crippen LogP contribution in [-0.4, -0.2) is 49.0 Å². The van der Waals surface area contributed by atoms with Crippen molar-refractivity contribution in [1.82, 2.24) is 10.2 Å². The van der Waals surface area contributed by atoms with Crippen molar-refractivity contribution in [1.29, 1.82) is 0 Å². The maximum atomic E-state index is 13.4. The predicted octanol–water partition coefficient (Wildman–Crippen LogP) is 4.08. The number of furan rings is 1. The molecule has 2 unspecified atom stereocenters. The van der Waals surface area contributed by atoms with E-state index in [-0.39, 0.29) is 24.9 Å². The van der Waals surface area contributed by atoms with Crippen LogP contribution in [0.15, 0.2) is 71.3 Å². The van der Waals surface area contributed by atoms with Crippen molar-refractivity contribution in [2.24, 2.45) is 5.92 Å². The van der Waals surface area contributed by atoms with Crippen molar-refractivity contribution < 1.29 is 23.5 Å². The minimum Gasteiger partial charge on any atom is -0.464 e. The molecule has 2 N–H and O–H groups in total. The summed E-state index contributed by atoms with van der Waals surface area (Å²) in [5.74, 6) is -0.274. The van der Waals surface area contributed by atoms with Crippen LogP contribution in [0.4, 0.5) is 10.5 Å². The van der Waals surface area contributed by atoms with Crippen LogP contribution in [0.2, 0.25) is 0 Å². The Hall–Kier alpha value is -4.07. The molecule has 3 aromatic rings. The first-order chi connectivity index (χ1) is 16.4. The number of amides is 3. The minimum absolute atomic E-state index is 0.206. The smallest absolute Gasteiger partial charge is 0.407 e. The van der Waals surface area contributed by atoms with E-state index in [0.717, 1.165) is 11.1 Å². The fourth-order valence-corrected chi connectivity index (χ4v) is 4.10. The Kier molecular flexibility index (Phi) is 6.96. The number of alkyl carbamates (subject to hydrolysis) is 1. The molecule has 2 atom stereocenters. The number of hydrogen-bond acceptors (Lipinski definition) is 5. The standard InChI is InChI=1S/C26H27N3O5/c1-17-8-10-21(11-9-17)27-24(30)20-14-22(28-26(32)33-2)16-29(15-20)25(31)19-6-3-5-18(13-19)23-7-4-12-34-23/h3-13,20,22H,14-16H2,1-2H3,(H,27,30)(H,28,32). The lowest BCUT2D eigenvalue weighted by Crippen LogP contribution is -2.54. The van der Waals surface area contributed by atoms with Crippen LogP contribution in [0.25, 0.3) is 11.3 Å². The number of likely N-dealkylation sites (tertiary alicyclic amines) is 1. The number of nitrogens with zero attached hydrogens (tertiary/aromatic N) is 1. The zero-order chi connectivity index (χ0) is 24.1. The van der Waals surface area contributed by atoms with Gasteiger partial charge < -0.3 is 24.7 Å². The molecular weight excluding hydrogens is 434 g/mol. The summed E-state index contributed by atoms with van der Waals surface area (Å²) < 4.78 is 10.2. The Labute approximate surface area is 197 Å². The molecule has 0 spiro atoms. The summed E-state index contributed by atoms with van der Waals surface area (Å²) in [7, 11) is 1.28. The van der Waals surface area contributed by atoms with Crippen LogP contribution in [0, 0.1) is 12.8 Å². The molecule has 176 valence electrons. The third-order valence-electron chi connectivity index (χ3n) is 5.85. The van der Waals surface area contributed by atoms with Gasteiger partial charge in [0.15, 0.2) is 0 Å². The highest BCUT2D eigenvalue weighted by Gasteiger charge is 2.35. The molecule has 34 heavy (non-hydrogen) atoms. The second-order valence-corrected chi connectivity index (χ2v) is 8.39. The van der Waals surface area contributed by atoms with E-state index in [1.165, 1.54) is 7.11 Å². The molecule has 0 aliphatic carbocycles. The van der Waals surface area contributed by atoms with Gasteiger partial charge in [-0.15, -0.1) is 0 Å². The van der Waals surface area contributed by atoms with Gasteiger partial charge in [-0.2, -0.15) is 0 Å². The highest BCUT2D eigenvalue weighted by molar-refractivity contribution is 5.97. The van der Waals surface area contributed by atoms with E-state index in [1.807, 2.05) is 43.3 Å². The molecular formula is C26H27N3O5. The fraction of sp³-hybridized carbons (Fsp3) is 0.269. The number of anilines is 1. The monoisotopic (exact) mass is 461 g/mol. The molecule has 2 aromatic carbocycles. The average Bonchev–Trinajstić information content (AvgIpc) is 3.40. The summed E-state index contributed by atoms with van der Waals surface area (Å²) in [4.78, 5) is 39.9. The van der Waals surface area contributed by atoms with Gasteiger partial charge in [-0.3, -0.25) is 9.59 Å². The second-order valence-electron chi connectivity index (χ2n) is 8.39. The molecule has 4 rings (SSSR count). The van der Waals surface area contributed by atoms with E-state index in [0.29, 0.717) is 23.4 Å². The number of ether oxygens (including phenoxy) is 1. The maximum Gasteiger partial charge on any atom is 0.407 e. The number of benzene rings is 2. The highest BCUT2D eigenvalue weighted by Crippen LogP contribution is 2.25. The average molecular weight is 462 g/mol. The third kappa shape index (κ3) is 5.46. The largest absolute Gasteiger partial charge is 0.464 e. The Morgan fingerprint density at radius 1 is 1.03 bits per heavy atom. The first kappa shape index (κ1) is 23.1. The van der Waals surface area contributed by atoms with Gasteiger partial charge in [-0.25, -0.2) is 4.79 Å². The molecule has 0 saturated carbocycles. The number of aryl methyl sites for hydroxylation is 1. The number of nitrogens with one attached hydrogen (secondary N) is 2. The van der Waals surface area contributed by atoms with Gasteiger partial charge in [0.05, 0.1) is 25.3 Å². The molecule has 0 radical (unpaired) electrons. The summed E-state index contributed by atoms with van der Waals surface area (Å²) in [5, 5.41) is 5.67. The number of methoxy groups -OCH3 is 1. The van der Waals surface area contributed by atoms with Crippen LogP contribution in [0.1, 0.15) is 22.3 Å². The lowest BCUT2D eigenvalue weighted by molar-refractivity contribution is -0.121. The van der Waals surface area contributed by atoms with Gasteiger partial charge in [-0.1, -0.05) is 29.8 Å². The highest BCUT2D eigenvalue weighted by atomic mass is 16.5. The zero-order valence-corrected chi connectivity index (χ0v) is 19.1. The summed E-state index contributed by atoms with van der Waals surface area (Å²) in [6, 6.07) is 17.8. The molecule has 0 bridgehead atoms. The number of carbonyl (C=O) groups is 3. The first-order valence-electron chi connectivity index (χ1n) is 11.1. The van der Waals surface area contributed by atoms with Crippen molar-refractivity contribution in [2.75, 3.05) is 25.5 Å². The van der Waals surface area contributed by atoms with Crippen LogP contribution >= 0.6 is 0 Å². The van der Waals surface area contributed by atoms with Crippen LogP contribution in [-0.2, 0) is 9.53 Å². The molecule has 1 saturated heterocycles. The van der Waals surface area contributed by atoms with Gasteiger partial charge in [0.2, 0.25) is 5.91 Å². The van der Waals surface area contributed by atoms with E-state index in [2.05, 4.69) is 10.6 Å². The van der Waals surface area contributed by atoms with Crippen molar-refractivity contribution >= 4 is 23.6 Å². The topological polar surface area (TPSA) is 101 Å². The van der Waals surface area contributed by atoms with Crippen LogP contribution in [0.3, 0.4) is 0 Å². The molecule has 3 amide bonds. The second kappa shape index (κ2) is 10.2. The van der Waals surface area contributed by atoms with Crippen molar-refractivity contribution in [3.63, 3.8) is 0 Å². The molecule has 8 heteroatoms. The molecule has 1 aliphatic rings. The normalized spacial score (nSPS) is 17.6. The SMILES string of the molecule is COC(=O)NC1CC(C(=O)Nc2ccc(C)cc2)CN(C(=O)c2cccc(-c3ccco3)c2)C1. The van der Waals surface area contributed by atoms with Crippen molar-refractivity contribution in [3.05, 3.63) is 78.1 Å². The fourth-order valence-electron chi connectivity index (χ4n) is 4.10. The van der Waals surface area contributed by atoms with E-state index >= 15 is 0 Å². The van der Waals surface area contributed by atoms with E-state index in [4.69, 9.17) is 9.15 Å². The van der Waals surface area contributed by atoms with E-state index in [9.17, 15) is 14.4 Å². The van der Waals surface area contributed by atoms with Gasteiger partial charge >= 0.3 is 6.09 Å². The number of hydrogen-bond donors (Lipinski definition) is 2. The number of rotatable bonds is 5. The zero-order valence-electron chi connectivity index (χ0n) is 19.1. The Bertz CT molecular complexity index is 1160. The Morgan fingerprint density at radius 3 is 2.53 bits per heavy atom. The molecule has 1 aliphatic heterocycles. The van der Waals surface area contributed by atoms with Gasteiger partial charge in [-0.05, 0) is 49.7 Å². The van der Waals surface area contributed by atoms with E-state index in [1.54, 1.807) is 35.4 Å². The quantitative estimate of drug-likeness (QED) is 0.596. The van der Waals surface area contributed by atoms with Crippen molar-refractivity contribution in [3.8, 4) is 11.3 Å². The Morgan fingerprint density at radius 2 is 1.82 bits per heavy atom. The predicted molar refractivity (Wildman–Crippen MR) is 127 cm³/mol. The third-order valence-corrected chi connectivity index (χ3v) is 5.85. The van der Waals surface area contributed by atoms with Crippen molar-refractivity contribution in [2.45, 2.75) is 19.4 Å². The van der Waals surface area contributed by atoms with Gasteiger partial charge in [0, 0.05) is 29.9 Å². The van der Waals surface area contributed by atoms with Gasteiger partial charge in [0.1, 0.15) is 5.76 Å². The number of carbonyl (C=O) groups excluding carboxylic acids is 3. The molecule has 1 aromatic heterocycles. The van der Waals surface area contributed by atoms with E-state index < -0.39 is 18.1 Å². The maximum absolute atomic E-state index is 13.4. The molecule has 2 heterocycles. The lowest BCUT2D eigenvalue weighted by Gasteiger charge is -2.37. The summed E-state index contributed by atoms with van der Waals surface area (Å²) in [5.41, 5.74) is 3.03. The summed E-state index contributed by atoms with van der Waals surface area (Å²) in [6.45, 7) is 2.48. The minimum atomic E-state index is -0.600. The van der Waals surface area contributed by atoms with Crippen LogP contribution in [0.5, 0.6) is 0 Å². The summed E-state index contributed by atoms with van der Waals surface area (Å²) >= 11 is 0. The lowest BCUT2D eigenvalue weighted by atomic mass is 9.92.